The normalized spacial score (nSPS) is 14.8. The Balaban J connectivity index is 2.14. The molecule has 0 saturated carbocycles. The van der Waals surface area contributed by atoms with Gasteiger partial charge >= 0.3 is 5.97 Å². The van der Waals surface area contributed by atoms with E-state index in [1.165, 1.54) is 22.8 Å². The molecule has 2 heterocycles. The zero-order valence-electron chi connectivity index (χ0n) is 11.0. The van der Waals surface area contributed by atoms with E-state index in [0.717, 1.165) is 0 Å². The third kappa shape index (κ3) is 2.17. The first kappa shape index (κ1) is 13.6. The van der Waals surface area contributed by atoms with Crippen LogP contribution in [0.25, 0.3) is 0 Å². The van der Waals surface area contributed by atoms with Crippen molar-refractivity contribution in [2.45, 2.75) is 17.7 Å². The van der Waals surface area contributed by atoms with Crippen LogP contribution in [0.1, 0.15) is 22.3 Å². The Bertz CT molecular complexity index is 784. The number of nitrogens with zero attached hydrogens (tertiary/aromatic N) is 2. The number of rotatable bonds is 3. The van der Waals surface area contributed by atoms with Crippen molar-refractivity contribution in [3.8, 4) is 0 Å². The number of aromatic nitrogens is 2. The Kier molecular flexibility index (Phi) is 3.17. The van der Waals surface area contributed by atoms with Gasteiger partial charge in [0, 0.05) is 12.7 Å². The number of carboxylic acids is 1. The van der Waals surface area contributed by atoms with E-state index in [-0.39, 0.29) is 10.5 Å². The second-order valence-corrected chi connectivity index (χ2v) is 6.59. The van der Waals surface area contributed by atoms with E-state index in [1.807, 2.05) is 0 Å². The van der Waals surface area contributed by atoms with Crippen LogP contribution >= 0.6 is 0 Å². The molecule has 0 bridgehead atoms. The molecule has 0 unspecified atom stereocenters. The topological polar surface area (TPSA) is 103 Å². The Labute approximate surface area is 121 Å². The first-order valence-electron chi connectivity index (χ1n) is 6.38. The van der Waals surface area contributed by atoms with Crippen molar-refractivity contribution in [1.29, 1.82) is 0 Å². The first-order chi connectivity index (χ1) is 10.0. The summed E-state index contributed by atoms with van der Waals surface area (Å²) in [6.07, 6.45) is 3.68. The van der Waals surface area contributed by atoms with Crippen LogP contribution in [0.3, 0.4) is 0 Å². The highest BCUT2D eigenvalue weighted by Crippen LogP contribution is 2.33. The summed E-state index contributed by atoms with van der Waals surface area (Å²) in [5.74, 6) is -1.05. The molecule has 3 rings (SSSR count). The Morgan fingerprint density at radius 2 is 2.19 bits per heavy atom. The molecule has 7 nitrogen and oxygen atoms in total. The monoisotopic (exact) mass is 307 g/mol. The highest BCUT2D eigenvalue weighted by Gasteiger charge is 2.31. The molecule has 0 atom stereocenters. The summed E-state index contributed by atoms with van der Waals surface area (Å²) in [4.78, 5) is 11.3. The van der Waals surface area contributed by atoms with Crippen molar-refractivity contribution in [3.63, 3.8) is 0 Å². The van der Waals surface area contributed by atoms with Gasteiger partial charge in [-0.15, -0.1) is 0 Å². The summed E-state index contributed by atoms with van der Waals surface area (Å²) in [5.41, 5.74) is 1.14. The average molecular weight is 307 g/mol. The molecule has 0 amide bonds. The predicted octanol–water partition coefficient (Wildman–Crippen LogP) is 1.25. The van der Waals surface area contributed by atoms with Gasteiger partial charge in [0.25, 0.3) is 10.0 Å². The second kappa shape index (κ2) is 4.88. The van der Waals surface area contributed by atoms with E-state index in [9.17, 15) is 18.3 Å². The summed E-state index contributed by atoms with van der Waals surface area (Å²) in [6.45, 7) is 0.323. The molecular formula is C13H13N3O4S. The van der Waals surface area contributed by atoms with Crippen molar-refractivity contribution >= 4 is 21.7 Å². The maximum Gasteiger partial charge on any atom is 0.336 e. The van der Waals surface area contributed by atoms with Crippen LogP contribution in [0.5, 0.6) is 0 Å². The predicted molar refractivity (Wildman–Crippen MR) is 74.8 cm³/mol. The van der Waals surface area contributed by atoms with Crippen LogP contribution in [0, 0.1) is 0 Å². The molecule has 1 aliphatic rings. The largest absolute Gasteiger partial charge is 0.478 e. The summed E-state index contributed by atoms with van der Waals surface area (Å²) >= 11 is 0. The highest BCUT2D eigenvalue weighted by molar-refractivity contribution is 7.92. The molecule has 1 aliphatic heterocycles. The van der Waals surface area contributed by atoms with Gasteiger partial charge in [0.2, 0.25) is 0 Å². The van der Waals surface area contributed by atoms with Crippen molar-refractivity contribution in [2.75, 3.05) is 10.8 Å². The lowest BCUT2D eigenvalue weighted by atomic mass is 9.98. The van der Waals surface area contributed by atoms with Gasteiger partial charge in [-0.3, -0.25) is 9.40 Å². The number of carboxylic acid groups (broad SMARTS) is 1. The molecule has 0 saturated heterocycles. The zero-order valence-corrected chi connectivity index (χ0v) is 11.8. The van der Waals surface area contributed by atoms with E-state index < -0.39 is 16.0 Å². The van der Waals surface area contributed by atoms with Crippen LogP contribution < -0.4 is 4.31 Å². The van der Waals surface area contributed by atoms with Gasteiger partial charge in [-0.1, -0.05) is 6.07 Å². The van der Waals surface area contributed by atoms with Crippen molar-refractivity contribution in [3.05, 3.63) is 41.7 Å². The smallest absolute Gasteiger partial charge is 0.336 e. The molecular weight excluding hydrogens is 294 g/mol. The standard InChI is InChI=1S/C13H13N3O4S/c17-13(18)11-3-1-5-12-10(11)4-2-6-16(12)21(19,20)9-7-14-15-8-9/h1,3,5,7-8H,2,4,6H2,(H,14,15)(H,17,18). The van der Waals surface area contributed by atoms with Crippen molar-refractivity contribution < 1.29 is 18.3 Å². The van der Waals surface area contributed by atoms with Crippen LogP contribution in [-0.4, -0.2) is 36.2 Å². The minimum absolute atomic E-state index is 0.0658. The minimum Gasteiger partial charge on any atom is -0.478 e. The van der Waals surface area contributed by atoms with Crippen molar-refractivity contribution in [1.82, 2.24) is 10.2 Å². The maximum absolute atomic E-state index is 12.6. The summed E-state index contributed by atoms with van der Waals surface area (Å²) < 4.78 is 26.5. The molecule has 110 valence electrons. The lowest BCUT2D eigenvalue weighted by molar-refractivity contribution is 0.0695. The molecule has 8 heteroatoms. The van der Waals surface area contributed by atoms with Gasteiger partial charge in [-0.2, -0.15) is 5.10 Å². The number of aromatic amines is 1. The van der Waals surface area contributed by atoms with Gasteiger partial charge in [0.15, 0.2) is 0 Å². The Morgan fingerprint density at radius 1 is 1.38 bits per heavy atom. The SMILES string of the molecule is O=C(O)c1cccc2c1CCCN2S(=O)(=O)c1cn[nH]c1. The second-order valence-electron chi connectivity index (χ2n) is 4.72. The molecule has 2 aromatic rings. The summed E-state index contributed by atoms with van der Waals surface area (Å²) in [5, 5.41) is 15.4. The first-order valence-corrected chi connectivity index (χ1v) is 7.82. The zero-order chi connectivity index (χ0) is 15.0. The molecule has 0 aliphatic carbocycles. The fourth-order valence-corrected chi connectivity index (χ4v) is 3.99. The van der Waals surface area contributed by atoms with Crippen molar-refractivity contribution in [2.24, 2.45) is 0 Å². The number of hydrogen-bond donors (Lipinski definition) is 2. The Hall–Kier alpha value is -2.35. The molecule has 0 spiro atoms. The van der Waals surface area contributed by atoms with Crippen LogP contribution in [0.4, 0.5) is 5.69 Å². The third-order valence-corrected chi connectivity index (χ3v) is 5.28. The minimum atomic E-state index is -3.73. The van der Waals surface area contributed by atoms with E-state index in [2.05, 4.69) is 10.2 Å². The van der Waals surface area contributed by atoms with E-state index in [0.29, 0.717) is 30.6 Å². The fourth-order valence-electron chi connectivity index (χ4n) is 2.55. The molecule has 0 radical (unpaired) electrons. The van der Waals surface area contributed by atoms with Gasteiger partial charge in [0.05, 0.1) is 17.4 Å². The number of carbonyl (C=O) groups is 1. The number of hydrogen-bond acceptors (Lipinski definition) is 4. The van der Waals surface area contributed by atoms with Crippen LogP contribution in [0.15, 0.2) is 35.5 Å². The van der Waals surface area contributed by atoms with Crippen LogP contribution in [0.2, 0.25) is 0 Å². The number of anilines is 1. The van der Waals surface area contributed by atoms with E-state index in [4.69, 9.17) is 0 Å². The van der Waals surface area contributed by atoms with Gasteiger partial charge < -0.3 is 5.11 Å². The molecule has 2 N–H and O–H groups in total. The quantitative estimate of drug-likeness (QED) is 0.888. The molecule has 21 heavy (non-hydrogen) atoms. The summed E-state index contributed by atoms with van der Waals surface area (Å²) in [6, 6.07) is 4.69. The third-order valence-electron chi connectivity index (χ3n) is 3.50. The molecule has 1 aromatic heterocycles. The number of benzene rings is 1. The van der Waals surface area contributed by atoms with Gasteiger partial charge in [0.1, 0.15) is 4.90 Å². The maximum atomic E-state index is 12.6. The number of sulfonamides is 1. The molecule has 1 aromatic carbocycles. The highest BCUT2D eigenvalue weighted by atomic mass is 32.2. The van der Waals surface area contributed by atoms with E-state index in [1.54, 1.807) is 12.1 Å². The number of fused-ring (bicyclic) bond motifs is 1. The van der Waals surface area contributed by atoms with E-state index >= 15 is 0 Å². The van der Waals surface area contributed by atoms with Gasteiger partial charge in [-0.25, -0.2) is 13.2 Å². The summed E-state index contributed by atoms with van der Waals surface area (Å²) in [7, 11) is -3.73. The number of H-pyrrole nitrogens is 1. The Morgan fingerprint density at radius 3 is 2.86 bits per heavy atom. The fraction of sp³-hybridized carbons (Fsp3) is 0.231. The lowest BCUT2D eigenvalue weighted by Gasteiger charge is -2.30. The average Bonchev–Trinajstić information content (AvgIpc) is 3.00. The number of nitrogens with one attached hydrogen (secondary N) is 1. The molecule has 0 fully saturated rings. The van der Waals surface area contributed by atoms with Crippen LogP contribution in [-0.2, 0) is 16.4 Å². The lowest BCUT2D eigenvalue weighted by Crippen LogP contribution is -2.36. The number of aromatic carboxylic acids is 1. The van der Waals surface area contributed by atoms with Gasteiger partial charge in [-0.05, 0) is 30.5 Å².